The summed E-state index contributed by atoms with van der Waals surface area (Å²) in [7, 11) is 0. The summed E-state index contributed by atoms with van der Waals surface area (Å²) in [4.78, 5) is 32.4. The molecular weight excluding hydrogens is 374 g/mol. The number of hydrogen-bond acceptors (Lipinski definition) is 3. The molecule has 0 saturated carbocycles. The smallest absolute Gasteiger partial charge is 0.265 e. The molecule has 0 fully saturated rings. The summed E-state index contributed by atoms with van der Waals surface area (Å²) in [6, 6.07) is 22.8. The topological polar surface area (TPSA) is 55.2 Å². The Morgan fingerprint density at radius 3 is 2.40 bits per heavy atom. The van der Waals surface area contributed by atoms with Crippen LogP contribution in [-0.2, 0) is 13.0 Å². The number of hydrogen-bond donors (Lipinski definition) is 0. The highest BCUT2D eigenvalue weighted by molar-refractivity contribution is 5.94. The quantitative estimate of drug-likeness (QED) is 0.517. The Labute approximate surface area is 174 Å². The van der Waals surface area contributed by atoms with Crippen LogP contribution < -0.4 is 5.56 Å². The molecule has 4 aromatic rings. The third-order valence-corrected chi connectivity index (χ3v) is 5.73. The highest BCUT2D eigenvalue weighted by Crippen LogP contribution is 2.21. The lowest BCUT2D eigenvalue weighted by Gasteiger charge is -2.29. The molecule has 148 valence electrons. The van der Waals surface area contributed by atoms with E-state index in [1.165, 1.54) is 11.1 Å². The normalized spacial score (nSPS) is 13.3. The van der Waals surface area contributed by atoms with Crippen molar-refractivity contribution in [2.45, 2.75) is 19.9 Å². The maximum absolute atomic E-state index is 13.0. The highest BCUT2D eigenvalue weighted by atomic mass is 16.2. The minimum absolute atomic E-state index is 0.0109. The van der Waals surface area contributed by atoms with Crippen LogP contribution in [0.25, 0.3) is 16.6 Å². The number of rotatable bonds is 2. The summed E-state index contributed by atoms with van der Waals surface area (Å²) in [6.45, 7) is 3.16. The predicted octanol–water partition coefficient (Wildman–Crippen LogP) is 3.89. The zero-order valence-electron chi connectivity index (χ0n) is 16.7. The molecule has 0 radical (unpaired) electrons. The average Bonchev–Trinajstić information content (AvgIpc) is 2.79. The second-order valence-corrected chi connectivity index (χ2v) is 7.61. The molecule has 5 heteroatoms. The van der Waals surface area contributed by atoms with E-state index in [2.05, 4.69) is 17.1 Å². The van der Waals surface area contributed by atoms with Gasteiger partial charge in [0.2, 0.25) is 0 Å². The number of amides is 1. The van der Waals surface area contributed by atoms with Crippen LogP contribution in [0, 0.1) is 6.92 Å². The molecule has 5 rings (SSSR count). The Kier molecular flexibility index (Phi) is 4.43. The summed E-state index contributed by atoms with van der Waals surface area (Å²) in [5, 5.41) is 0.579. The number of benzene rings is 3. The highest BCUT2D eigenvalue weighted by Gasteiger charge is 2.21. The summed E-state index contributed by atoms with van der Waals surface area (Å²) >= 11 is 0. The van der Waals surface area contributed by atoms with Gasteiger partial charge >= 0.3 is 0 Å². The summed E-state index contributed by atoms with van der Waals surface area (Å²) in [5.74, 6) is 0.627. The van der Waals surface area contributed by atoms with Gasteiger partial charge in [-0.2, -0.15) is 0 Å². The van der Waals surface area contributed by atoms with Gasteiger partial charge in [-0.15, -0.1) is 0 Å². The minimum Gasteiger partial charge on any atom is -0.334 e. The van der Waals surface area contributed by atoms with E-state index < -0.39 is 0 Å². The van der Waals surface area contributed by atoms with Crippen LogP contribution in [-0.4, -0.2) is 26.9 Å². The van der Waals surface area contributed by atoms with Crippen molar-refractivity contribution < 1.29 is 4.79 Å². The molecule has 0 atom stereocenters. The molecule has 3 aromatic carbocycles. The standard InChI is InChI=1S/C25H21N3O2/c1-17-26-23-9-5-4-8-22(23)25(30)28(17)21-12-10-19(11-13-21)24(29)27-15-14-18-6-2-3-7-20(18)16-27/h2-13H,14-16H2,1H3. The molecule has 0 aliphatic carbocycles. The Balaban J connectivity index is 1.45. The van der Waals surface area contributed by atoms with Gasteiger partial charge in [0.1, 0.15) is 5.82 Å². The summed E-state index contributed by atoms with van der Waals surface area (Å²) in [6.07, 6.45) is 0.872. The average molecular weight is 395 g/mol. The number of aromatic nitrogens is 2. The third kappa shape index (κ3) is 3.08. The first-order valence-corrected chi connectivity index (χ1v) is 10.1. The van der Waals surface area contributed by atoms with Crippen LogP contribution in [0.15, 0.2) is 77.6 Å². The predicted molar refractivity (Wildman–Crippen MR) is 117 cm³/mol. The zero-order chi connectivity index (χ0) is 20.7. The van der Waals surface area contributed by atoms with E-state index in [1.807, 2.05) is 54.3 Å². The van der Waals surface area contributed by atoms with Crippen molar-refractivity contribution in [1.82, 2.24) is 14.5 Å². The Bertz CT molecular complexity index is 1320. The van der Waals surface area contributed by atoms with Crippen LogP contribution in [0.1, 0.15) is 27.3 Å². The second kappa shape index (κ2) is 7.26. The van der Waals surface area contributed by atoms with E-state index in [9.17, 15) is 9.59 Å². The number of nitrogens with zero attached hydrogens (tertiary/aromatic N) is 3. The van der Waals surface area contributed by atoms with Crippen LogP contribution in [0.4, 0.5) is 0 Å². The maximum atomic E-state index is 13.0. The fourth-order valence-corrected chi connectivity index (χ4v) is 4.15. The van der Waals surface area contributed by atoms with E-state index >= 15 is 0 Å². The SMILES string of the molecule is Cc1nc2ccccc2c(=O)n1-c1ccc(C(=O)N2CCc3ccccc3C2)cc1. The second-order valence-electron chi connectivity index (χ2n) is 7.61. The van der Waals surface area contributed by atoms with Crippen molar-refractivity contribution in [3.8, 4) is 5.69 Å². The Morgan fingerprint density at radius 2 is 1.60 bits per heavy atom. The molecule has 0 unspecified atom stereocenters. The van der Waals surface area contributed by atoms with Crippen LogP contribution in [0.5, 0.6) is 0 Å². The van der Waals surface area contributed by atoms with Crippen molar-refractivity contribution in [3.05, 3.63) is 106 Å². The van der Waals surface area contributed by atoms with Gasteiger partial charge < -0.3 is 4.90 Å². The van der Waals surface area contributed by atoms with E-state index in [0.29, 0.717) is 41.1 Å². The largest absolute Gasteiger partial charge is 0.334 e. The van der Waals surface area contributed by atoms with Crippen LogP contribution in [0.2, 0.25) is 0 Å². The maximum Gasteiger partial charge on any atom is 0.265 e. The van der Waals surface area contributed by atoms with Gasteiger partial charge in [-0.25, -0.2) is 4.98 Å². The van der Waals surface area contributed by atoms with Crippen molar-refractivity contribution in [1.29, 1.82) is 0 Å². The zero-order valence-corrected chi connectivity index (χ0v) is 16.7. The molecule has 0 N–H and O–H groups in total. The lowest BCUT2D eigenvalue weighted by Crippen LogP contribution is -2.35. The van der Waals surface area contributed by atoms with Crippen LogP contribution >= 0.6 is 0 Å². The van der Waals surface area contributed by atoms with Crippen molar-refractivity contribution in [2.24, 2.45) is 0 Å². The molecule has 1 aliphatic heterocycles. The Morgan fingerprint density at radius 1 is 0.900 bits per heavy atom. The van der Waals surface area contributed by atoms with Gasteiger partial charge in [-0.3, -0.25) is 14.2 Å². The minimum atomic E-state index is -0.107. The first-order chi connectivity index (χ1) is 14.6. The molecule has 0 bridgehead atoms. The lowest BCUT2D eigenvalue weighted by molar-refractivity contribution is 0.0734. The Hall–Kier alpha value is -3.73. The first kappa shape index (κ1) is 18.3. The van der Waals surface area contributed by atoms with Crippen molar-refractivity contribution in [2.75, 3.05) is 6.54 Å². The molecule has 30 heavy (non-hydrogen) atoms. The number of carbonyl (C=O) groups excluding carboxylic acids is 1. The summed E-state index contributed by atoms with van der Waals surface area (Å²) < 4.78 is 1.59. The molecule has 1 aliphatic rings. The van der Waals surface area contributed by atoms with Crippen molar-refractivity contribution >= 4 is 16.8 Å². The van der Waals surface area contributed by atoms with Gasteiger partial charge in [0, 0.05) is 18.7 Å². The molecule has 0 spiro atoms. The fraction of sp³-hybridized carbons (Fsp3) is 0.160. The van der Waals surface area contributed by atoms with Crippen LogP contribution in [0.3, 0.4) is 0 Å². The van der Waals surface area contributed by atoms with E-state index in [1.54, 1.807) is 22.8 Å². The van der Waals surface area contributed by atoms with Gasteiger partial charge in [0.25, 0.3) is 11.5 Å². The monoisotopic (exact) mass is 395 g/mol. The fourth-order valence-electron chi connectivity index (χ4n) is 4.15. The van der Waals surface area contributed by atoms with E-state index in [4.69, 9.17) is 0 Å². The van der Waals surface area contributed by atoms with E-state index in [-0.39, 0.29) is 11.5 Å². The lowest BCUT2D eigenvalue weighted by atomic mass is 9.99. The molecule has 2 heterocycles. The number of aryl methyl sites for hydroxylation is 1. The van der Waals surface area contributed by atoms with Crippen molar-refractivity contribution in [3.63, 3.8) is 0 Å². The van der Waals surface area contributed by atoms with Gasteiger partial charge in [0.15, 0.2) is 0 Å². The number of para-hydroxylation sites is 1. The van der Waals surface area contributed by atoms with E-state index in [0.717, 1.165) is 6.42 Å². The number of carbonyl (C=O) groups is 1. The summed E-state index contributed by atoms with van der Waals surface area (Å²) in [5.41, 5.74) is 4.43. The third-order valence-electron chi connectivity index (χ3n) is 5.73. The van der Waals surface area contributed by atoms with Gasteiger partial charge in [0.05, 0.1) is 16.6 Å². The molecular formula is C25H21N3O2. The molecule has 1 aromatic heterocycles. The van der Waals surface area contributed by atoms with Gasteiger partial charge in [-0.05, 0) is 60.9 Å². The molecule has 5 nitrogen and oxygen atoms in total. The first-order valence-electron chi connectivity index (χ1n) is 10.1. The molecule has 1 amide bonds. The molecule has 0 saturated heterocycles. The van der Waals surface area contributed by atoms with Gasteiger partial charge in [-0.1, -0.05) is 36.4 Å². The number of fused-ring (bicyclic) bond motifs is 2.